The summed E-state index contributed by atoms with van der Waals surface area (Å²) in [4.78, 5) is 5.09. The molecule has 2 aliphatic heterocycles. The molecule has 0 spiro atoms. The third-order valence-electron chi connectivity index (χ3n) is 5.02. The van der Waals surface area contributed by atoms with Crippen molar-refractivity contribution >= 4 is 11.8 Å². The van der Waals surface area contributed by atoms with E-state index in [0.717, 1.165) is 13.0 Å². The van der Waals surface area contributed by atoms with Crippen molar-refractivity contribution in [3.63, 3.8) is 0 Å². The van der Waals surface area contributed by atoms with E-state index in [1.807, 2.05) is 0 Å². The van der Waals surface area contributed by atoms with Crippen LogP contribution in [0, 0.1) is 0 Å². The first-order chi connectivity index (χ1) is 10.9. The Morgan fingerprint density at radius 3 is 2.73 bits per heavy atom. The zero-order chi connectivity index (χ0) is 14.8. The lowest BCUT2D eigenvalue weighted by Crippen LogP contribution is -2.41. The van der Waals surface area contributed by atoms with Gasteiger partial charge in [0.2, 0.25) is 0 Å². The summed E-state index contributed by atoms with van der Waals surface area (Å²) < 4.78 is 0. The highest BCUT2D eigenvalue weighted by molar-refractivity contribution is 5.71. The summed E-state index contributed by atoms with van der Waals surface area (Å²) in [6, 6.07) is 8.80. The monoisotopic (exact) mass is 292 g/mol. The lowest BCUT2D eigenvalue weighted by atomic mass is 9.96. The number of likely N-dealkylation sites (tertiary alicyclic amines) is 1. The smallest absolute Gasteiger partial charge is 0.0448 e. The van der Waals surface area contributed by atoms with Crippen LogP contribution in [0.4, 0.5) is 0 Å². The normalized spacial score (nSPS) is 21.0. The maximum atomic E-state index is 2.62. The van der Waals surface area contributed by atoms with E-state index in [4.69, 9.17) is 0 Å². The van der Waals surface area contributed by atoms with Crippen LogP contribution < -0.4 is 10.4 Å². The molecule has 3 aliphatic rings. The molecule has 0 amide bonds. The molecular formula is C20H24N2. The van der Waals surface area contributed by atoms with Crippen molar-refractivity contribution in [1.29, 1.82) is 0 Å². The third kappa shape index (κ3) is 2.64. The van der Waals surface area contributed by atoms with Crippen LogP contribution in [0.5, 0.6) is 0 Å². The summed E-state index contributed by atoms with van der Waals surface area (Å²) in [6.07, 6.45) is 14.3. The Morgan fingerprint density at radius 1 is 0.955 bits per heavy atom. The van der Waals surface area contributed by atoms with E-state index in [1.54, 1.807) is 0 Å². The van der Waals surface area contributed by atoms with Crippen molar-refractivity contribution in [2.75, 3.05) is 26.2 Å². The van der Waals surface area contributed by atoms with Gasteiger partial charge in [0.1, 0.15) is 0 Å². The number of allylic oxidation sites excluding steroid dienone is 4. The molecule has 1 aromatic carbocycles. The van der Waals surface area contributed by atoms with E-state index in [1.165, 1.54) is 60.6 Å². The van der Waals surface area contributed by atoms with Gasteiger partial charge in [-0.25, -0.2) is 0 Å². The van der Waals surface area contributed by atoms with Gasteiger partial charge in [0.15, 0.2) is 0 Å². The Hall–Kier alpha value is -1.80. The Labute approximate surface area is 132 Å². The predicted octanol–water partition coefficient (Wildman–Crippen LogP) is 2.22. The van der Waals surface area contributed by atoms with Gasteiger partial charge in [-0.2, -0.15) is 0 Å². The van der Waals surface area contributed by atoms with E-state index in [0.29, 0.717) is 0 Å². The maximum absolute atomic E-state index is 2.62. The van der Waals surface area contributed by atoms with Crippen LogP contribution in [-0.2, 0) is 0 Å². The first-order valence-electron chi connectivity index (χ1n) is 8.58. The first-order valence-corrected chi connectivity index (χ1v) is 8.58. The van der Waals surface area contributed by atoms with E-state index in [9.17, 15) is 0 Å². The Balaban J connectivity index is 1.61. The molecule has 22 heavy (non-hydrogen) atoms. The molecule has 0 N–H and O–H groups in total. The van der Waals surface area contributed by atoms with Crippen LogP contribution in [0.1, 0.15) is 25.7 Å². The quantitative estimate of drug-likeness (QED) is 0.843. The van der Waals surface area contributed by atoms with E-state index in [2.05, 4.69) is 58.5 Å². The standard InChI is InChI=1S/C20H24N2/c1-6-12-21(13-7-1)14-15-22-16-17-8-2-3-9-18(17)19-10-4-5-11-20(19)22/h2-5,8-9,11,16H,1,6-7,10,12-15H2. The Bertz CT molecular complexity index is 720. The van der Waals surface area contributed by atoms with E-state index >= 15 is 0 Å². The van der Waals surface area contributed by atoms with Crippen LogP contribution in [0.2, 0.25) is 0 Å². The van der Waals surface area contributed by atoms with Crippen LogP contribution in [0.15, 0.2) is 48.2 Å². The second-order valence-electron chi connectivity index (χ2n) is 6.47. The van der Waals surface area contributed by atoms with E-state index < -0.39 is 0 Å². The van der Waals surface area contributed by atoms with Crippen molar-refractivity contribution in [2.45, 2.75) is 25.7 Å². The fourth-order valence-electron chi connectivity index (χ4n) is 3.81. The van der Waals surface area contributed by atoms with Gasteiger partial charge in [0.25, 0.3) is 0 Å². The number of nitrogens with zero attached hydrogens (tertiary/aromatic N) is 2. The van der Waals surface area contributed by atoms with Crippen molar-refractivity contribution in [3.05, 3.63) is 58.6 Å². The van der Waals surface area contributed by atoms with Crippen molar-refractivity contribution in [1.82, 2.24) is 9.80 Å². The summed E-state index contributed by atoms with van der Waals surface area (Å²) in [5.41, 5.74) is 2.89. The molecule has 4 rings (SSSR count). The molecule has 1 saturated heterocycles. The minimum absolute atomic E-state index is 1.05. The average molecular weight is 292 g/mol. The summed E-state index contributed by atoms with van der Waals surface area (Å²) >= 11 is 0. The molecule has 0 radical (unpaired) electrons. The zero-order valence-electron chi connectivity index (χ0n) is 13.2. The molecule has 1 aliphatic carbocycles. The maximum Gasteiger partial charge on any atom is 0.0448 e. The number of hydrogen-bond donors (Lipinski definition) is 0. The van der Waals surface area contributed by atoms with Gasteiger partial charge in [-0.1, -0.05) is 42.8 Å². The fraction of sp³-hybridized carbons (Fsp3) is 0.400. The van der Waals surface area contributed by atoms with Gasteiger partial charge in [0, 0.05) is 25.0 Å². The highest BCUT2D eigenvalue weighted by atomic mass is 15.2. The van der Waals surface area contributed by atoms with Gasteiger partial charge in [-0.15, -0.1) is 0 Å². The third-order valence-corrected chi connectivity index (χ3v) is 5.02. The lowest BCUT2D eigenvalue weighted by Gasteiger charge is -2.33. The molecule has 0 atom stereocenters. The topological polar surface area (TPSA) is 6.48 Å². The molecule has 2 heterocycles. The van der Waals surface area contributed by atoms with Crippen LogP contribution in [0.25, 0.3) is 11.8 Å². The highest BCUT2D eigenvalue weighted by Gasteiger charge is 2.19. The van der Waals surface area contributed by atoms with Gasteiger partial charge >= 0.3 is 0 Å². The van der Waals surface area contributed by atoms with Crippen LogP contribution in [0.3, 0.4) is 0 Å². The number of benzene rings is 1. The molecule has 2 nitrogen and oxygen atoms in total. The molecular weight excluding hydrogens is 268 g/mol. The lowest BCUT2D eigenvalue weighted by molar-refractivity contribution is 0.217. The molecule has 0 saturated carbocycles. The number of rotatable bonds is 3. The second kappa shape index (κ2) is 6.13. The second-order valence-corrected chi connectivity index (χ2v) is 6.47. The molecule has 1 aromatic rings. The van der Waals surface area contributed by atoms with E-state index in [-0.39, 0.29) is 0 Å². The minimum atomic E-state index is 1.05. The molecule has 2 heteroatoms. The molecule has 114 valence electrons. The highest BCUT2D eigenvalue weighted by Crippen LogP contribution is 2.25. The van der Waals surface area contributed by atoms with Gasteiger partial charge in [0.05, 0.1) is 0 Å². The van der Waals surface area contributed by atoms with Crippen LogP contribution in [-0.4, -0.2) is 36.0 Å². The van der Waals surface area contributed by atoms with Crippen LogP contribution >= 0.6 is 0 Å². The summed E-state index contributed by atoms with van der Waals surface area (Å²) in [6.45, 7) is 4.82. The first kappa shape index (κ1) is 13.8. The molecule has 1 fully saturated rings. The van der Waals surface area contributed by atoms with Crippen molar-refractivity contribution < 1.29 is 0 Å². The number of piperidine rings is 1. The number of hydrogen-bond acceptors (Lipinski definition) is 2. The molecule has 0 aromatic heterocycles. The largest absolute Gasteiger partial charge is 0.346 e. The predicted molar refractivity (Wildman–Crippen MR) is 92.4 cm³/mol. The zero-order valence-corrected chi connectivity index (χ0v) is 13.2. The summed E-state index contributed by atoms with van der Waals surface area (Å²) in [5.74, 6) is 0. The SMILES string of the molecule is C1=CCC2=c3ccccc3=CN(CCN3CCCCC3)C2=C1. The Morgan fingerprint density at radius 2 is 1.82 bits per heavy atom. The van der Waals surface area contributed by atoms with Crippen molar-refractivity contribution in [2.24, 2.45) is 0 Å². The minimum Gasteiger partial charge on any atom is -0.346 e. The summed E-state index contributed by atoms with van der Waals surface area (Å²) in [7, 11) is 0. The van der Waals surface area contributed by atoms with Gasteiger partial charge in [-0.3, -0.25) is 0 Å². The van der Waals surface area contributed by atoms with Crippen molar-refractivity contribution in [3.8, 4) is 0 Å². The van der Waals surface area contributed by atoms with Gasteiger partial charge in [-0.05, 0) is 54.4 Å². The average Bonchev–Trinajstić information content (AvgIpc) is 2.60. The molecule has 0 bridgehead atoms. The molecule has 0 unspecified atom stereocenters. The fourth-order valence-corrected chi connectivity index (χ4v) is 3.81. The summed E-state index contributed by atoms with van der Waals surface area (Å²) in [5, 5.41) is 2.77. The Kier molecular flexibility index (Phi) is 3.86. The van der Waals surface area contributed by atoms with Gasteiger partial charge < -0.3 is 9.80 Å². The number of fused-ring (bicyclic) bond motifs is 2.